The molecule has 4 rings (SSSR count). The van der Waals surface area contributed by atoms with Gasteiger partial charge in [0, 0.05) is 5.56 Å². The molecule has 3 aromatic carbocycles. The number of benzene rings is 3. The van der Waals surface area contributed by atoms with E-state index in [1.54, 1.807) is 0 Å². The van der Waals surface area contributed by atoms with Crippen molar-refractivity contribution in [1.82, 2.24) is 0 Å². The van der Waals surface area contributed by atoms with Crippen molar-refractivity contribution in [2.75, 3.05) is 11.1 Å². The standard InChI is InChI=1S/C23H22N2O2/c1-3-14-10-11-17-18(12-14)27-19-13-15(4-2)20(21(24)22(19)25-17)23(26)16-8-6-5-7-9-16/h5-13,25H,3-4,24H2,1-2H3. The molecule has 1 aliphatic heterocycles. The van der Waals surface area contributed by atoms with Crippen molar-refractivity contribution < 1.29 is 9.53 Å². The summed E-state index contributed by atoms with van der Waals surface area (Å²) < 4.78 is 6.13. The summed E-state index contributed by atoms with van der Waals surface area (Å²) in [6.07, 6.45) is 1.63. The van der Waals surface area contributed by atoms with Gasteiger partial charge in [0.15, 0.2) is 17.3 Å². The first-order chi connectivity index (χ1) is 13.1. The number of carbonyl (C=O) groups excluding carboxylic acids is 1. The zero-order valence-electron chi connectivity index (χ0n) is 15.5. The Morgan fingerprint density at radius 3 is 2.48 bits per heavy atom. The lowest BCUT2D eigenvalue weighted by Gasteiger charge is -2.26. The second kappa shape index (κ2) is 6.80. The number of ketones is 1. The van der Waals surface area contributed by atoms with Crippen molar-refractivity contribution in [1.29, 1.82) is 0 Å². The van der Waals surface area contributed by atoms with Gasteiger partial charge in [-0.25, -0.2) is 0 Å². The topological polar surface area (TPSA) is 64.3 Å². The molecule has 0 aliphatic carbocycles. The molecule has 0 saturated carbocycles. The van der Waals surface area contributed by atoms with Gasteiger partial charge in [-0.3, -0.25) is 4.79 Å². The highest BCUT2D eigenvalue weighted by Gasteiger charge is 2.26. The molecule has 3 aromatic rings. The number of rotatable bonds is 4. The van der Waals surface area contributed by atoms with Crippen LogP contribution in [-0.2, 0) is 12.8 Å². The molecule has 136 valence electrons. The largest absolute Gasteiger partial charge is 0.453 e. The Kier molecular flexibility index (Phi) is 4.32. The molecule has 0 radical (unpaired) electrons. The SMILES string of the molecule is CCc1ccc2c(c1)Oc1cc(CC)c(C(=O)c3ccccc3)c(N)c1N2. The van der Waals surface area contributed by atoms with Gasteiger partial charge < -0.3 is 15.8 Å². The first-order valence-electron chi connectivity index (χ1n) is 9.25. The Morgan fingerprint density at radius 1 is 1.00 bits per heavy atom. The number of aryl methyl sites for hydroxylation is 2. The number of hydrogen-bond acceptors (Lipinski definition) is 4. The summed E-state index contributed by atoms with van der Waals surface area (Å²) in [7, 11) is 0. The number of anilines is 3. The van der Waals surface area contributed by atoms with Crippen molar-refractivity contribution in [3.05, 3.63) is 76.9 Å². The van der Waals surface area contributed by atoms with Crippen molar-refractivity contribution >= 4 is 22.8 Å². The van der Waals surface area contributed by atoms with Crippen molar-refractivity contribution in [2.45, 2.75) is 26.7 Å². The summed E-state index contributed by atoms with van der Waals surface area (Å²) in [5, 5.41) is 3.36. The molecule has 4 nitrogen and oxygen atoms in total. The minimum absolute atomic E-state index is 0.0679. The van der Waals surface area contributed by atoms with Gasteiger partial charge in [0.1, 0.15) is 5.69 Å². The molecule has 27 heavy (non-hydrogen) atoms. The van der Waals surface area contributed by atoms with Crippen LogP contribution in [0, 0.1) is 0 Å². The van der Waals surface area contributed by atoms with Crippen LogP contribution < -0.4 is 15.8 Å². The molecule has 0 spiro atoms. The molecule has 0 aromatic heterocycles. The molecule has 1 aliphatic rings. The normalized spacial score (nSPS) is 11.8. The second-order valence-electron chi connectivity index (χ2n) is 6.66. The van der Waals surface area contributed by atoms with E-state index in [2.05, 4.69) is 18.3 Å². The summed E-state index contributed by atoms with van der Waals surface area (Å²) in [4.78, 5) is 13.1. The average Bonchev–Trinajstić information content (AvgIpc) is 2.72. The maximum absolute atomic E-state index is 13.1. The summed E-state index contributed by atoms with van der Waals surface area (Å²) in [5.74, 6) is 1.38. The van der Waals surface area contributed by atoms with Gasteiger partial charge in [-0.2, -0.15) is 0 Å². The van der Waals surface area contributed by atoms with Crippen LogP contribution in [0.4, 0.5) is 17.1 Å². The van der Waals surface area contributed by atoms with E-state index >= 15 is 0 Å². The van der Waals surface area contributed by atoms with Gasteiger partial charge in [-0.05, 0) is 42.2 Å². The summed E-state index contributed by atoms with van der Waals surface area (Å²) in [6.45, 7) is 4.13. The van der Waals surface area contributed by atoms with E-state index in [9.17, 15) is 4.79 Å². The average molecular weight is 358 g/mol. The van der Waals surface area contributed by atoms with Gasteiger partial charge in [-0.1, -0.05) is 50.2 Å². The monoisotopic (exact) mass is 358 g/mol. The lowest BCUT2D eigenvalue weighted by atomic mass is 9.93. The molecular weight excluding hydrogens is 336 g/mol. The minimum atomic E-state index is -0.0679. The maximum Gasteiger partial charge on any atom is 0.195 e. The number of fused-ring (bicyclic) bond motifs is 2. The molecule has 3 N–H and O–H groups in total. The molecule has 0 atom stereocenters. The van der Waals surface area contributed by atoms with Crippen LogP contribution >= 0.6 is 0 Å². The van der Waals surface area contributed by atoms with Crippen LogP contribution in [-0.4, -0.2) is 5.78 Å². The summed E-state index contributed by atoms with van der Waals surface area (Å²) in [5.41, 5.74) is 11.7. The van der Waals surface area contributed by atoms with E-state index in [0.717, 1.165) is 23.4 Å². The third-order valence-corrected chi connectivity index (χ3v) is 4.99. The number of nitrogens with two attached hydrogens (primary N) is 1. The molecule has 0 fully saturated rings. The minimum Gasteiger partial charge on any atom is -0.453 e. The Hall–Kier alpha value is -3.27. The van der Waals surface area contributed by atoms with Crippen LogP contribution in [0.5, 0.6) is 11.5 Å². The van der Waals surface area contributed by atoms with Gasteiger partial charge in [-0.15, -0.1) is 0 Å². The third kappa shape index (κ3) is 2.93. The van der Waals surface area contributed by atoms with Crippen LogP contribution in [0.15, 0.2) is 54.6 Å². The second-order valence-corrected chi connectivity index (χ2v) is 6.66. The van der Waals surface area contributed by atoms with Crippen LogP contribution in [0.1, 0.15) is 40.9 Å². The third-order valence-electron chi connectivity index (χ3n) is 4.99. The molecule has 0 amide bonds. The molecular formula is C23H22N2O2. The van der Waals surface area contributed by atoms with Crippen LogP contribution in [0.25, 0.3) is 0 Å². The number of hydrogen-bond donors (Lipinski definition) is 2. The Bertz CT molecular complexity index is 1030. The van der Waals surface area contributed by atoms with E-state index in [-0.39, 0.29) is 5.78 Å². The Morgan fingerprint density at radius 2 is 1.78 bits per heavy atom. The lowest BCUT2D eigenvalue weighted by molar-refractivity contribution is 0.103. The zero-order valence-corrected chi connectivity index (χ0v) is 15.5. The van der Waals surface area contributed by atoms with E-state index in [4.69, 9.17) is 10.5 Å². The van der Waals surface area contributed by atoms with Crippen molar-refractivity contribution in [3.8, 4) is 11.5 Å². The number of nitrogens with one attached hydrogen (secondary N) is 1. The zero-order chi connectivity index (χ0) is 19.0. The fraction of sp³-hybridized carbons (Fsp3) is 0.174. The fourth-order valence-electron chi connectivity index (χ4n) is 3.45. The molecule has 1 heterocycles. The maximum atomic E-state index is 13.1. The van der Waals surface area contributed by atoms with Crippen LogP contribution in [0.3, 0.4) is 0 Å². The number of carbonyl (C=O) groups is 1. The highest BCUT2D eigenvalue weighted by molar-refractivity contribution is 6.15. The van der Waals surface area contributed by atoms with Crippen molar-refractivity contribution in [2.24, 2.45) is 0 Å². The van der Waals surface area contributed by atoms with Crippen LogP contribution in [0.2, 0.25) is 0 Å². The molecule has 0 unspecified atom stereocenters. The first kappa shape index (κ1) is 17.2. The highest BCUT2D eigenvalue weighted by Crippen LogP contribution is 2.47. The molecule has 0 saturated heterocycles. The van der Waals surface area contributed by atoms with Gasteiger partial charge in [0.25, 0.3) is 0 Å². The summed E-state index contributed by atoms with van der Waals surface area (Å²) in [6, 6.07) is 17.2. The van der Waals surface area contributed by atoms with Gasteiger partial charge >= 0.3 is 0 Å². The van der Waals surface area contributed by atoms with E-state index in [0.29, 0.717) is 34.7 Å². The first-order valence-corrected chi connectivity index (χ1v) is 9.25. The Labute approximate surface area is 159 Å². The highest BCUT2D eigenvalue weighted by atomic mass is 16.5. The van der Waals surface area contributed by atoms with E-state index in [1.165, 1.54) is 5.56 Å². The van der Waals surface area contributed by atoms with Gasteiger partial charge in [0.2, 0.25) is 0 Å². The quantitative estimate of drug-likeness (QED) is 0.375. The number of ether oxygens (including phenoxy) is 1. The fourth-order valence-corrected chi connectivity index (χ4v) is 3.45. The predicted octanol–water partition coefficient (Wildman–Crippen LogP) is 5.47. The smallest absolute Gasteiger partial charge is 0.195 e. The Balaban J connectivity index is 1.82. The summed E-state index contributed by atoms with van der Waals surface area (Å²) >= 11 is 0. The number of nitrogen functional groups attached to an aromatic ring is 1. The van der Waals surface area contributed by atoms with Gasteiger partial charge in [0.05, 0.1) is 16.9 Å². The molecule has 0 bridgehead atoms. The predicted molar refractivity (Wildman–Crippen MR) is 109 cm³/mol. The van der Waals surface area contributed by atoms with Crippen molar-refractivity contribution in [3.63, 3.8) is 0 Å². The lowest BCUT2D eigenvalue weighted by Crippen LogP contribution is -2.14. The molecule has 4 heteroatoms. The van der Waals surface area contributed by atoms with E-state index < -0.39 is 0 Å². The van der Waals surface area contributed by atoms with E-state index in [1.807, 2.05) is 55.5 Å².